The highest BCUT2D eigenvalue weighted by Crippen LogP contribution is 2.30. The molecule has 17 heavy (non-hydrogen) atoms. The van der Waals surface area contributed by atoms with Gasteiger partial charge in [-0.15, -0.1) is 0 Å². The summed E-state index contributed by atoms with van der Waals surface area (Å²) in [5, 5.41) is 8.18. The van der Waals surface area contributed by atoms with Crippen LogP contribution in [0.15, 0.2) is 18.2 Å². The van der Waals surface area contributed by atoms with Crippen LogP contribution in [0.2, 0.25) is 10.0 Å². The highest BCUT2D eigenvalue weighted by Gasteiger charge is 2.31. The Labute approximate surface area is 113 Å². The second-order valence-electron chi connectivity index (χ2n) is 5.28. The summed E-state index contributed by atoms with van der Waals surface area (Å²) in [6, 6.07) is 6.16. The summed E-state index contributed by atoms with van der Waals surface area (Å²) in [7, 11) is 0. The van der Waals surface area contributed by atoms with Crippen LogP contribution in [-0.2, 0) is 0 Å². The van der Waals surface area contributed by atoms with Crippen molar-refractivity contribution < 1.29 is 0 Å². The van der Waals surface area contributed by atoms with Crippen LogP contribution in [0.3, 0.4) is 0 Å². The first-order chi connectivity index (χ1) is 7.99. The molecule has 1 aliphatic rings. The molecule has 1 heterocycles. The van der Waals surface area contributed by atoms with Crippen LogP contribution in [0.4, 0.5) is 5.69 Å². The van der Waals surface area contributed by atoms with E-state index in [2.05, 4.69) is 24.5 Å². The number of benzene rings is 1. The molecule has 0 aliphatic carbocycles. The van der Waals surface area contributed by atoms with Crippen molar-refractivity contribution in [3.8, 4) is 0 Å². The van der Waals surface area contributed by atoms with Gasteiger partial charge in [0.15, 0.2) is 0 Å². The molecule has 0 saturated carbocycles. The molecule has 0 bridgehead atoms. The predicted molar refractivity (Wildman–Crippen MR) is 75.1 cm³/mol. The highest BCUT2D eigenvalue weighted by molar-refractivity contribution is 6.42. The Morgan fingerprint density at radius 2 is 2.06 bits per heavy atom. The van der Waals surface area contributed by atoms with Crippen LogP contribution in [0.5, 0.6) is 0 Å². The van der Waals surface area contributed by atoms with Crippen molar-refractivity contribution in [1.29, 1.82) is 0 Å². The molecule has 0 spiro atoms. The minimum Gasteiger partial charge on any atom is -0.382 e. The third-order valence-electron chi connectivity index (χ3n) is 3.39. The van der Waals surface area contributed by atoms with E-state index in [9.17, 15) is 0 Å². The van der Waals surface area contributed by atoms with Crippen molar-refractivity contribution in [1.82, 2.24) is 5.32 Å². The Morgan fingerprint density at radius 3 is 2.71 bits per heavy atom. The lowest BCUT2D eigenvalue weighted by Gasteiger charge is -2.40. The van der Waals surface area contributed by atoms with Crippen LogP contribution in [0, 0.1) is 5.41 Å². The third-order valence-corrected chi connectivity index (χ3v) is 4.13. The quantitative estimate of drug-likeness (QED) is 0.856. The normalized spacial score (nSPS) is 23.4. The molecular formula is C13H18Cl2N2. The van der Waals surface area contributed by atoms with Gasteiger partial charge in [-0.1, -0.05) is 37.0 Å². The fourth-order valence-corrected chi connectivity index (χ4v) is 2.52. The molecule has 0 radical (unpaired) electrons. The van der Waals surface area contributed by atoms with Crippen molar-refractivity contribution in [3.05, 3.63) is 28.2 Å². The SMILES string of the molecule is CC1(C)CNCCC1Nc1ccc(Cl)c(Cl)c1. The van der Waals surface area contributed by atoms with Gasteiger partial charge in [0, 0.05) is 18.3 Å². The fourth-order valence-electron chi connectivity index (χ4n) is 2.23. The molecule has 0 amide bonds. The van der Waals surface area contributed by atoms with E-state index in [4.69, 9.17) is 23.2 Å². The van der Waals surface area contributed by atoms with Gasteiger partial charge in [-0.2, -0.15) is 0 Å². The van der Waals surface area contributed by atoms with Gasteiger partial charge in [0.1, 0.15) is 0 Å². The van der Waals surface area contributed by atoms with Gasteiger partial charge in [0.2, 0.25) is 0 Å². The van der Waals surface area contributed by atoms with E-state index in [0.717, 1.165) is 25.2 Å². The second kappa shape index (κ2) is 5.05. The number of nitrogens with one attached hydrogen (secondary N) is 2. The lowest BCUT2D eigenvalue weighted by atomic mass is 9.80. The molecule has 2 N–H and O–H groups in total. The number of anilines is 1. The van der Waals surface area contributed by atoms with Crippen molar-refractivity contribution in [3.63, 3.8) is 0 Å². The van der Waals surface area contributed by atoms with Gasteiger partial charge in [-0.05, 0) is 36.6 Å². The van der Waals surface area contributed by atoms with E-state index < -0.39 is 0 Å². The van der Waals surface area contributed by atoms with Crippen molar-refractivity contribution in [2.45, 2.75) is 26.3 Å². The van der Waals surface area contributed by atoms with Crippen LogP contribution in [0.25, 0.3) is 0 Å². The summed E-state index contributed by atoms with van der Waals surface area (Å²) >= 11 is 11.9. The number of piperidine rings is 1. The van der Waals surface area contributed by atoms with E-state index in [-0.39, 0.29) is 5.41 Å². The second-order valence-corrected chi connectivity index (χ2v) is 6.09. The maximum absolute atomic E-state index is 6.02. The molecule has 1 fully saturated rings. The van der Waals surface area contributed by atoms with Crippen LogP contribution in [-0.4, -0.2) is 19.1 Å². The molecule has 1 saturated heterocycles. The maximum atomic E-state index is 6.02. The first-order valence-electron chi connectivity index (χ1n) is 5.91. The first-order valence-corrected chi connectivity index (χ1v) is 6.67. The zero-order valence-corrected chi connectivity index (χ0v) is 11.7. The standard InChI is InChI=1S/C13H18Cl2N2/c1-13(2)8-16-6-5-12(13)17-9-3-4-10(14)11(15)7-9/h3-4,7,12,16-17H,5-6,8H2,1-2H3. The zero-order chi connectivity index (χ0) is 12.5. The largest absolute Gasteiger partial charge is 0.382 e. The van der Waals surface area contributed by atoms with Gasteiger partial charge in [-0.3, -0.25) is 0 Å². The number of rotatable bonds is 2. The topological polar surface area (TPSA) is 24.1 Å². The summed E-state index contributed by atoms with van der Waals surface area (Å²) in [4.78, 5) is 0. The predicted octanol–water partition coefficient (Wildman–Crippen LogP) is 3.79. The summed E-state index contributed by atoms with van der Waals surface area (Å²) < 4.78 is 0. The molecule has 94 valence electrons. The molecular weight excluding hydrogens is 255 g/mol. The maximum Gasteiger partial charge on any atom is 0.0612 e. The van der Waals surface area contributed by atoms with Crippen LogP contribution in [0.1, 0.15) is 20.3 Å². The Kier molecular flexibility index (Phi) is 3.86. The van der Waals surface area contributed by atoms with Crippen LogP contribution >= 0.6 is 23.2 Å². The van der Waals surface area contributed by atoms with Gasteiger partial charge in [0.05, 0.1) is 10.0 Å². The zero-order valence-electron chi connectivity index (χ0n) is 10.2. The average Bonchev–Trinajstić information content (AvgIpc) is 2.26. The molecule has 1 atom stereocenters. The minimum atomic E-state index is 0.240. The Bertz CT molecular complexity index is 404. The number of halogens is 2. The van der Waals surface area contributed by atoms with Crippen molar-refractivity contribution in [2.24, 2.45) is 5.41 Å². The van der Waals surface area contributed by atoms with E-state index in [0.29, 0.717) is 16.1 Å². The monoisotopic (exact) mass is 272 g/mol. The van der Waals surface area contributed by atoms with Gasteiger partial charge < -0.3 is 10.6 Å². The van der Waals surface area contributed by atoms with Crippen molar-refractivity contribution >= 4 is 28.9 Å². The smallest absolute Gasteiger partial charge is 0.0612 e. The molecule has 1 aromatic carbocycles. The fraction of sp³-hybridized carbons (Fsp3) is 0.538. The van der Waals surface area contributed by atoms with Crippen molar-refractivity contribution in [2.75, 3.05) is 18.4 Å². The molecule has 2 nitrogen and oxygen atoms in total. The third kappa shape index (κ3) is 3.06. The van der Waals surface area contributed by atoms with E-state index in [1.165, 1.54) is 0 Å². The summed E-state index contributed by atoms with van der Waals surface area (Å²) in [5.74, 6) is 0. The molecule has 1 aromatic rings. The van der Waals surface area contributed by atoms with Crippen LogP contribution < -0.4 is 10.6 Å². The summed E-state index contributed by atoms with van der Waals surface area (Å²) in [5.41, 5.74) is 1.28. The first kappa shape index (κ1) is 13.0. The lowest BCUT2D eigenvalue weighted by Crippen LogP contribution is -2.49. The minimum absolute atomic E-state index is 0.240. The average molecular weight is 273 g/mol. The molecule has 1 unspecified atom stereocenters. The number of hydrogen-bond donors (Lipinski definition) is 2. The van der Waals surface area contributed by atoms with E-state index >= 15 is 0 Å². The summed E-state index contributed by atoms with van der Waals surface area (Å²) in [6.07, 6.45) is 1.12. The molecule has 4 heteroatoms. The molecule has 2 rings (SSSR count). The lowest BCUT2D eigenvalue weighted by molar-refractivity contribution is 0.236. The van der Waals surface area contributed by atoms with Gasteiger partial charge in [-0.25, -0.2) is 0 Å². The van der Waals surface area contributed by atoms with E-state index in [1.807, 2.05) is 18.2 Å². The Balaban J connectivity index is 2.11. The summed E-state index contributed by atoms with van der Waals surface area (Å²) in [6.45, 7) is 6.64. The Hall–Kier alpha value is -0.440. The van der Waals surface area contributed by atoms with Gasteiger partial charge >= 0.3 is 0 Å². The number of hydrogen-bond acceptors (Lipinski definition) is 2. The van der Waals surface area contributed by atoms with Gasteiger partial charge in [0.25, 0.3) is 0 Å². The molecule has 0 aromatic heterocycles. The Morgan fingerprint density at radius 1 is 1.29 bits per heavy atom. The highest BCUT2D eigenvalue weighted by atomic mass is 35.5. The molecule has 1 aliphatic heterocycles. The van der Waals surface area contributed by atoms with E-state index in [1.54, 1.807) is 0 Å².